The molecule has 7 heteroatoms. The highest BCUT2D eigenvalue weighted by molar-refractivity contribution is 6.14. The average molecular weight is 336 g/mol. The van der Waals surface area contributed by atoms with Crippen molar-refractivity contribution in [1.29, 1.82) is 0 Å². The lowest BCUT2D eigenvalue weighted by Gasteiger charge is -2.34. The monoisotopic (exact) mass is 336 g/mol. The molecule has 1 fully saturated rings. The second kappa shape index (κ2) is 6.52. The summed E-state index contributed by atoms with van der Waals surface area (Å²) in [6, 6.07) is 3.85. The highest BCUT2D eigenvalue weighted by atomic mass is 16.2. The van der Waals surface area contributed by atoms with Crippen molar-refractivity contribution in [3.63, 3.8) is 0 Å². The summed E-state index contributed by atoms with van der Waals surface area (Å²) in [5.41, 5.74) is 2.14. The van der Waals surface area contributed by atoms with Gasteiger partial charge < -0.3 is 9.88 Å². The molecule has 0 saturated carbocycles. The summed E-state index contributed by atoms with van der Waals surface area (Å²) in [4.78, 5) is 28.6. The Kier molecular flexibility index (Phi) is 4.07. The molecule has 0 unspecified atom stereocenters. The number of nitrogens with one attached hydrogen (secondary N) is 2. The second-order valence-electron chi connectivity index (χ2n) is 6.14. The normalized spacial score (nSPS) is 20.2. The number of pyridine rings is 1. The number of nitrogens with zero attached hydrogens (tertiary/aromatic N) is 4. The Morgan fingerprint density at radius 3 is 2.92 bits per heavy atom. The number of carbonyl (C=O) groups is 1. The minimum Gasteiger partial charge on any atom is -0.346 e. The molecule has 1 amide bonds. The van der Waals surface area contributed by atoms with E-state index in [-0.39, 0.29) is 5.91 Å². The van der Waals surface area contributed by atoms with E-state index in [1.807, 2.05) is 24.4 Å². The van der Waals surface area contributed by atoms with Crippen LogP contribution in [0.1, 0.15) is 5.56 Å². The fourth-order valence-electron chi connectivity index (χ4n) is 3.17. The van der Waals surface area contributed by atoms with Crippen LogP contribution in [0.4, 0.5) is 0 Å². The van der Waals surface area contributed by atoms with E-state index in [4.69, 9.17) is 0 Å². The number of hydrogen-bond acceptors (Lipinski definition) is 5. The Labute approximate surface area is 145 Å². The van der Waals surface area contributed by atoms with E-state index >= 15 is 0 Å². The number of guanidine groups is 1. The highest BCUT2D eigenvalue weighted by Crippen LogP contribution is 2.20. The molecule has 0 aliphatic carbocycles. The molecular formula is C18H20N6O. The minimum absolute atomic E-state index is 0.165. The fourth-order valence-corrected chi connectivity index (χ4v) is 3.17. The maximum atomic E-state index is 12.3. The van der Waals surface area contributed by atoms with Gasteiger partial charge in [-0.3, -0.25) is 15.0 Å². The fraction of sp³-hybridized carbons (Fsp3) is 0.278. The highest BCUT2D eigenvalue weighted by Gasteiger charge is 2.27. The van der Waals surface area contributed by atoms with E-state index in [1.165, 1.54) is 0 Å². The molecule has 4 heterocycles. The molecule has 2 aromatic rings. The van der Waals surface area contributed by atoms with Crippen molar-refractivity contribution >= 4 is 29.0 Å². The number of aromatic nitrogens is 2. The van der Waals surface area contributed by atoms with Crippen LogP contribution in [0.2, 0.25) is 0 Å². The van der Waals surface area contributed by atoms with Gasteiger partial charge in [0.2, 0.25) is 5.96 Å². The van der Waals surface area contributed by atoms with Crippen molar-refractivity contribution in [2.45, 2.75) is 0 Å². The van der Waals surface area contributed by atoms with Crippen molar-refractivity contribution in [2.24, 2.45) is 4.99 Å². The number of carbonyl (C=O) groups excluding carboxylic acids is 1. The summed E-state index contributed by atoms with van der Waals surface area (Å²) < 4.78 is 0. The molecule has 0 atom stereocenters. The quantitative estimate of drug-likeness (QED) is 0.652. The van der Waals surface area contributed by atoms with Crippen LogP contribution in [0, 0.1) is 0 Å². The molecule has 2 aromatic heterocycles. The first kappa shape index (κ1) is 15.6. The zero-order valence-corrected chi connectivity index (χ0v) is 13.9. The molecule has 7 nitrogen and oxygen atoms in total. The van der Waals surface area contributed by atoms with Crippen LogP contribution in [0.15, 0.2) is 47.9 Å². The Morgan fingerprint density at radius 2 is 2.12 bits per heavy atom. The van der Waals surface area contributed by atoms with E-state index in [1.54, 1.807) is 12.3 Å². The number of piperazine rings is 1. The van der Waals surface area contributed by atoms with E-state index in [9.17, 15) is 4.79 Å². The number of aromatic amines is 1. The van der Waals surface area contributed by atoms with Crippen LogP contribution in [-0.2, 0) is 4.79 Å². The third-order valence-corrected chi connectivity index (χ3v) is 4.52. The Hall–Kier alpha value is -2.93. The maximum Gasteiger partial charge on any atom is 0.276 e. The van der Waals surface area contributed by atoms with E-state index in [2.05, 4.69) is 36.7 Å². The summed E-state index contributed by atoms with van der Waals surface area (Å²) in [5, 5.41) is 3.86. The van der Waals surface area contributed by atoms with Crippen LogP contribution < -0.4 is 5.32 Å². The molecule has 2 N–H and O–H groups in total. The van der Waals surface area contributed by atoms with Crippen LogP contribution in [0.3, 0.4) is 0 Å². The molecule has 4 rings (SSSR count). The van der Waals surface area contributed by atoms with Crippen LogP contribution >= 0.6 is 0 Å². The van der Waals surface area contributed by atoms with Gasteiger partial charge in [0.15, 0.2) is 0 Å². The van der Waals surface area contributed by atoms with Crippen molar-refractivity contribution < 1.29 is 4.79 Å². The van der Waals surface area contributed by atoms with Gasteiger partial charge in [0.25, 0.3) is 5.91 Å². The third kappa shape index (κ3) is 3.06. The zero-order valence-electron chi connectivity index (χ0n) is 13.9. The van der Waals surface area contributed by atoms with Crippen molar-refractivity contribution in [3.8, 4) is 0 Å². The SMILES string of the molecule is C=CCN1CCN(C2=NC(=Cc3c[nH]c4ncccc34)C(=O)N2)CC1. The number of rotatable bonds is 3. The second-order valence-corrected chi connectivity index (χ2v) is 6.14. The topological polar surface area (TPSA) is 76.6 Å². The van der Waals surface area contributed by atoms with Gasteiger partial charge in [-0.1, -0.05) is 6.08 Å². The van der Waals surface area contributed by atoms with Crippen molar-refractivity contribution in [2.75, 3.05) is 32.7 Å². The predicted molar refractivity (Wildman–Crippen MR) is 97.9 cm³/mol. The lowest BCUT2D eigenvalue weighted by atomic mass is 10.2. The average Bonchev–Trinajstić information content (AvgIpc) is 3.21. The molecule has 2 aliphatic heterocycles. The van der Waals surface area contributed by atoms with Gasteiger partial charge in [0.1, 0.15) is 11.3 Å². The Bertz CT molecular complexity index is 873. The summed E-state index contributed by atoms with van der Waals surface area (Å²) in [6.45, 7) is 8.24. The zero-order chi connectivity index (χ0) is 17.2. The molecule has 0 bridgehead atoms. The number of H-pyrrole nitrogens is 1. The van der Waals surface area contributed by atoms with E-state index < -0.39 is 0 Å². The Morgan fingerprint density at radius 1 is 1.28 bits per heavy atom. The molecule has 1 saturated heterocycles. The largest absolute Gasteiger partial charge is 0.346 e. The number of hydrogen-bond donors (Lipinski definition) is 2. The minimum atomic E-state index is -0.165. The Balaban J connectivity index is 1.53. The van der Waals surface area contributed by atoms with Crippen LogP contribution in [0.5, 0.6) is 0 Å². The van der Waals surface area contributed by atoms with E-state index in [0.717, 1.165) is 49.3 Å². The molecule has 25 heavy (non-hydrogen) atoms. The summed E-state index contributed by atoms with van der Waals surface area (Å²) >= 11 is 0. The van der Waals surface area contributed by atoms with Crippen LogP contribution in [-0.4, -0.2) is 64.4 Å². The number of amides is 1. The lowest BCUT2D eigenvalue weighted by molar-refractivity contribution is -0.115. The first-order chi connectivity index (χ1) is 12.2. The first-order valence-electron chi connectivity index (χ1n) is 8.36. The van der Waals surface area contributed by atoms with Crippen molar-refractivity contribution in [1.82, 2.24) is 25.1 Å². The molecule has 0 spiro atoms. The standard InChI is InChI=1S/C18H20N6O/c1-2-6-23-7-9-24(10-8-23)18-21-15(17(25)22-18)11-13-12-20-16-14(13)4-3-5-19-16/h2-5,11-12H,1,6-10H2,(H,19,20)(H,21,22,25). The smallest absolute Gasteiger partial charge is 0.276 e. The number of aliphatic imine (C=N–C) groups is 1. The van der Waals surface area contributed by atoms with E-state index in [0.29, 0.717) is 11.7 Å². The first-order valence-corrected chi connectivity index (χ1v) is 8.36. The van der Waals surface area contributed by atoms with Gasteiger partial charge in [0, 0.05) is 56.1 Å². The lowest BCUT2D eigenvalue weighted by Crippen LogP contribution is -2.51. The molecule has 128 valence electrons. The van der Waals surface area contributed by atoms with Gasteiger partial charge in [0.05, 0.1) is 0 Å². The number of fused-ring (bicyclic) bond motifs is 1. The summed E-state index contributed by atoms with van der Waals surface area (Å²) in [7, 11) is 0. The van der Waals surface area contributed by atoms with Gasteiger partial charge in [-0.15, -0.1) is 6.58 Å². The summed E-state index contributed by atoms with van der Waals surface area (Å²) in [5.74, 6) is 0.481. The van der Waals surface area contributed by atoms with Gasteiger partial charge in [-0.25, -0.2) is 9.98 Å². The van der Waals surface area contributed by atoms with Crippen molar-refractivity contribution in [3.05, 3.63) is 48.4 Å². The van der Waals surface area contributed by atoms with Gasteiger partial charge in [-0.05, 0) is 18.2 Å². The summed E-state index contributed by atoms with van der Waals surface area (Å²) in [6.07, 6.45) is 7.30. The predicted octanol–water partition coefficient (Wildman–Crippen LogP) is 1.19. The van der Waals surface area contributed by atoms with Gasteiger partial charge >= 0.3 is 0 Å². The molecule has 2 aliphatic rings. The molecule has 0 radical (unpaired) electrons. The molecule has 0 aromatic carbocycles. The van der Waals surface area contributed by atoms with Crippen LogP contribution in [0.25, 0.3) is 17.1 Å². The molecular weight excluding hydrogens is 316 g/mol. The van der Waals surface area contributed by atoms with Gasteiger partial charge in [-0.2, -0.15) is 0 Å². The maximum absolute atomic E-state index is 12.3. The third-order valence-electron chi connectivity index (χ3n) is 4.52.